The summed E-state index contributed by atoms with van der Waals surface area (Å²) in [5, 5.41) is 3.71. The highest BCUT2D eigenvalue weighted by atomic mass is 15.2. The number of hydrogen-bond acceptors (Lipinski definition) is 3. The topological polar surface area (TPSA) is 28.2 Å². The molecule has 0 saturated heterocycles. The van der Waals surface area contributed by atoms with Crippen molar-refractivity contribution in [2.75, 3.05) is 24.3 Å². The van der Waals surface area contributed by atoms with Gasteiger partial charge in [-0.3, -0.25) is 0 Å². The lowest BCUT2D eigenvalue weighted by Gasteiger charge is -2.22. The summed E-state index contributed by atoms with van der Waals surface area (Å²) in [4.78, 5) is 6.54. The van der Waals surface area contributed by atoms with Gasteiger partial charge in [0.25, 0.3) is 0 Å². The highest BCUT2D eigenvalue weighted by molar-refractivity contribution is 5.65. The SMILES string of the molecule is CCC1CCCC(Nc2cccnc2N(C)C)CC1. The second-order valence-electron chi connectivity index (χ2n) is 5.89. The molecule has 106 valence electrons. The van der Waals surface area contributed by atoms with E-state index in [4.69, 9.17) is 0 Å². The molecule has 1 heterocycles. The summed E-state index contributed by atoms with van der Waals surface area (Å²) in [5.74, 6) is 1.98. The quantitative estimate of drug-likeness (QED) is 0.833. The molecular weight excluding hydrogens is 234 g/mol. The molecule has 3 nitrogen and oxygen atoms in total. The fraction of sp³-hybridized carbons (Fsp3) is 0.688. The number of nitrogens with one attached hydrogen (secondary N) is 1. The van der Waals surface area contributed by atoms with Crippen LogP contribution in [0.5, 0.6) is 0 Å². The van der Waals surface area contributed by atoms with Gasteiger partial charge in [0.1, 0.15) is 0 Å². The first-order chi connectivity index (χ1) is 9.20. The normalized spacial score (nSPS) is 23.7. The zero-order chi connectivity index (χ0) is 13.7. The van der Waals surface area contributed by atoms with Gasteiger partial charge in [-0.25, -0.2) is 4.98 Å². The third kappa shape index (κ3) is 3.85. The van der Waals surface area contributed by atoms with Gasteiger partial charge in [0, 0.05) is 26.3 Å². The van der Waals surface area contributed by atoms with Crippen molar-refractivity contribution in [3.63, 3.8) is 0 Å². The molecule has 0 aliphatic heterocycles. The van der Waals surface area contributed by atoms with Crippen molar-refractivity contribution >= 4 is 11.5 Å². The van der Waals surface area contributed by atoms with E-state index in [0.717, 1.165) is 11.7 Å². The van der Waals surface area contributed by atoms with Crippen LogP contribution in [0.25, 0.3) is 0 Å². The van der Waals surface area contributed by atoms with Crippen LogP contribution in [0, 0.1) is 5.92 Å². The van der Waals surface area contributed by atoms with E-state index >= 15 is 0 Å². The van der Waals surface area contributed by atoms with Crippen LogP contribution in [-0.2, 0) is 0 Å². The average molecular weight is 261 g/mol. The van der Waals surface area contributed by atoms with Gasteiger partial charge in [-0.05, 0) is 37.3 Å². The van der Waals surface area contributed by atoms with Crippen LogP contribution in [0.2, 0.25) is 0 Å². The molecule has 0 amide bonds. The number of anilines is 2. The van der Waals surface area contributed by atoms with Crippen LogP contribution >= 0.6 is 0 Å². The van der Waals surface area contributed by atoms with Gasteiger partial charge in [-0.1, -0.05) is 26.2 Å². The van der Waals surface area contributed by atoms with Gasteiger partial charge in [0.15, 0.2) is 5.82 Å². The molecule has 1 aliphatic carbocycles. The third-order valence-corrected chi connectivity index (χ3v) is 4.24. The van der Waals surface area contributed by atoms with Crippen molar-refractivity contribution in [2.24, 2.45) is 5.92 Å². The largest absolute Gasteiger partial charge is 0.379 e. The summed E-state index contributed by atoms with van der Waals surface area (Å²) in [5.41, 5.74) is 1.17. The van der Waals surface area contributed by atoms with Gasteiger partial charge in [-0.15, -0.1) is 0 Å². The van der Waals surface area contributed by atoms with Crippen molar-refractivity contribution in [1.29, 1.82) is 0 Å². The smallest absolute Gasteiger partial charge is 0.151 e. The van der Waals surface area contributed by atoms with E-state index in [1.165, 1.54) is 44.2 Å². The second-order valence-corrected chi connectivity index (χ2v) is 5.89. The van der Waals surface area contributed by atoms with Crippen LogP contribution in [0.15, 0.2) is 18.3 Å². The standard InChI is InChI=1S/C16H27N3/c1-4-13-7-5-8-14(11-10-13)18-15-9-6-12-17-16(15)19(2)3/h6,9,12-14,18H,4-5,7-8,10-11H2,1-3H3. The van der Waals surface area contributed by atoms with Gasteiger partial charge in [0.05, 0.1) is 5.69 Å². The molecule has 0 bridgehead atoms. The zero-order valence-electron chi connectivity index (χ0n) is 12.5. The molecular formula is C16H27N3. The van der Waals surface area contributed by atoms with Crippen LogP contribution in [0.3, 0.4) is 0 Å². The molecule has 2 unspecified atom stereocenters. The molecule has 1 fully saturated rings. The lowest BCUT2D eigenvalue weighted by molar-refractivity contribution is 0.444. The lowest BCUT2D eigenvalue weighted by atomic mass is 9.98. The molecule has 1 aromatic rings. The Bertz CT molecular complexity index is 389. The summed E-state index contributed by atoms with van der Waals surface area (Å²) in [7, 11) is 4.10. The van der Waals surface area contributed by atoms with E-state index < -0.39 is 0 Å². The molecule has 0 aromatic carbocycles. The predicted molar refractivity (Wildman–Crippen MR) is 82.8 cm³/mol. The predicted octanol–water partition coefficient (Wildman–Crippen LogP) is 3.92. The van der Waals surface area contributed by atoms with Gasteiger partial charge in [-0.2, -0.15) is 0 Å². The Morgan fingerprint density at radius 3 is 2.84 bits per heavy atom. The summed E-state index contributed by atoms with van der Waals surface area (Å²) >= 11 is 0. The maximum atomic E-state index is 4.46. The van der Waals surface area contributed by atoms with Gasteiger partial charge in [0.2, 0.25) is 0 Å². The van der Waals surface area contributed by atoms with Gasteiger partial charge >= 0.3 is 0 Å². The number of hydrogen-bond donors (Lipinski definition) is 1. The monoisotopic (exact) mass is 261 g/mol. The molecule has 2 rings (SSSR count). The minimum atomic E-state index is 0.611. The van der Waals surface area contributed by atoms with Gasteiger partial charge < -0.3 is 10.2 Å². The Kier molecular flexibility index (Phi) is 5.06. The average Bonchev–Trinajstić information content (AvgIpc) is 2.64. The number of aromatic nitrogens is 1. The van der Waals surface area contributed by atoms with Crippen molar-refractivity contribution < 1.29 is 0 Å². The van der Waals surface area contributed by atoms with Crippen molar-refractivity contribution in [3.8, 4) is 0 Å². The van der Waals surface area contributed by atoms with Crippen LogP contribution in [0.4, 0.5) is 11.5 Å². The minimum absolute atomic E-state index is 0.611. The Balaban J connectivity index is 2.01. The number of rotatable bonds is 4. The van der Waals surface area contributed by atoms with E-state index in [9.17, 15) is 0 Å². The third-order valence-electron chi connectivity index (χ3n) is 4.24. The second kappa shape index (κ2) is 6.78. The fourth-order valence-electron chi connectivity index (χ4n) is 3.02. The van der Waals surface area contributed by atoms with E-state index in [1.54, 1.807) is 0 Å². The molecule has 2 atom stereocenters. The number of pyridine rings is 1. The summed E-state index contributed by atoms with van der Waals surface area (Å²) in [6, 6.07) is 4.77. The Hall–Kier alpha value is -1.25. The molecule has 1 aromatic heterocycles. The Labute approximate surface area is 117 Å². The first kappa shape index (κ1) is 14.2. The maximum Gasteiger partial charge on any atom is 0.151 e. The number of nitrogens with zero attached hydrogens (tertiary/aromatic N) is 2. The molecule has 19 heavy (non-hydrogen) atoms. The molecule has 3 heteroatoms. The van der Waals surface area contributed by atoms with Crippen molar-refractivity contribution in [3.05, 3.63) is 18.3 Å². The van der Waals surface area contributed by atoms with E-state index in [1.807, 2.05) is 26.4 Å². The molecule has 1 aliphatic rings. The summed E-state index contributed by atoms with van der Waals surface area (Å²) < 4.78 is 0. The van der Waals surface area contributed by atoms with Crippen LogP contribution in [-0.4, -0.2) is 25.1 Å². The molecule has 0 radical (unpaired) electrons. The Morgan fingerprint density at radius 1 is 1.26 bits per heavy atom. The molecule has 1 N–H and O–H groups in total. The minimum Gasteiger partial charge on any atom is -0.379 e. The fourth-order valence-corrected chi connectivity index (χ4v) is 3.02. The molecule has 0 spiro atoms. The summed E-state index contributed by atoms with van der Waals surface area (Å²) in [6.45, 7) is 2.32. The summed E-state index contributed by atoms with van der Waals surface area (Å²) in [6.07, 6.45) is 9.91. The van der Waals surface area contributed by atoms with Crippen molar-refractivity contribution in [1.82, 2.24) is 4.98 Å². The highest BCUT2D eigenvalue weighted by Gasteiger charge is 2.18. The van der Waals surface area contributed by atoms with Crippen LogP contribution < -0.4 is 10.2 Å². The van der Waals surface area contributed by atoms with Crippen molar-refractivity contribution in [2.45, 2.75) is 51.5 Å². The first-order valence-corrected chi connectivity index (χ1v) is 7.59. The molecule has 1 saturated carbocycles. The maximum absolute atomic E-state index is 4.46. The van der Waals surface area contributed by atoms with Crippen LogP contribution in [0.1, 0.15) is 45.4 Å². The lowest BCUT2D eigenvalue weighted by Crippen LogP contribution is -2.21. The van der Waals surface area contributed by atoms with E-state index in [2.05, 4.69) is 28.2 Å². The van der Waals surface area contributed by atoms with E-state index in [-0.39, 0.29) is 0 Å². The highest BCUT2D eigenvalue weighted by Crippen LogP contribution is 2.29. The first-order valence-electron chi connectivity index (χ1n) is 7.59. The Morgan fingerprint density at radius 2 is 2.11 bits per heavy atom. The zero-order valence-corrected chi connectivity index (χ0v) is 12.5. The van der Waals surface area contributed by atoms with E-state index in [0.29, 0.717) is 6.04 Å².